The fraction of sp³-hybridized carbons (Fsp3) is 0.100. The molecule has 2 aromatic heterocycles. The lowest BCUT2D eigenvalue weighted by Gasteiger charge is -2.10. The number of aromatic nitrogens is 3. The van der Waals surface area contributed by atoms with Gasteiger partial charge in [-0.3, -0.25) is 4.98 Å². The molecule has 0 spiro atoms. The number of nitrogens with one attached hydrogen (secondary N) is 2. The molecule has 0 saturated carbocycles. The maximum Gasteiger partial charge on any atom is 0.323 e. The van der Waals surface area contributed by atoms with Crippen molar-refractivity contribution in [1.29, 1.82) is 0 Å². The minimum atomic E-state index is -0.334. The molecule has 2 heterocycles. The largest absolute Gasteiger partial charge is 0.323 e. The molecule has 128 valence electrons. The molecule has 4 aromatic rings. The molecule has 6 heteroatoms. The van der Waals surface area contributed by atoms with Gasteiger partial charge in [-0.15, -0.1) is 0 Å². The molecule has 0 fully saturated rings. The highest BCUT2D eigenvalue weighted by atomic mass is 16.2. The number of para-hydroxylation sites is 1. The van der Waals surface area contributed by atoms with E-state index in [0.717, 1.165) is 33.3 Å². The van der Waals surface area contributed by atoms with Crippen molar-refractivity contribution in [3.63, 3.8) is 0 Å². The Bertz CT molecular complexity index is 1130. The summed E-state index contributed by atoms with van der Waals surface area (Å²) in [6, 6.07) is 14.6. The molecule has 26 heavy (non-hydrogen) atoms. The van der Waals surface area contributed by atoms with Gasteiger partial charge in [0.05, 0.1) is 33.6 Å². The van der Waals surface area contributed by atoms with Crippen LogP contribution in [0.4, 0.5) is 16.2 Å². The van der Waals surface area contributed by atoms with Gasteiger partial charge in [0.25, 0.3) is 0 Å². The van der Waals surface area contributed by atoms with Crippen molar-refractivity contribution in [2.45, 2.75) is 13.8 Å². The third kappa shape index (κ3) is 3.04. The topological polar surface area (TPSA) is 79.8 Å². The second kappa shape index (κ2) is 6.40. The van der Waals surface area contributed by atoms with Crippen molar-refractivity contribution in [1.82, 2.24) is 15.0 Å². The summed E-state index contributed by atoms with van der Waals surface area (Å²) in [4.78, 5) is 25.8. The summed E-state index contributed by atoms with van der Waals surface area (Å²) in [6.45, 7) is 3.85. The molecule has 0 aliphatic carbocycles. The SMILES string of the molecule is Cc1nc2ccc(NC(=O)Nc3cccc4cccnc34)cc2nc1C. The summed E-state index contributed by atoms with van der Waals surface area (Å²) in [5, 5.41) is 6.66. The van der Waals surface area contributed by atoms with Crippen LogP contribution in [0.3, 0.4) is 0 Å². The van der Waals surface area contributed by atoms with Crippen LogP contribution in [-0.4, -0.2) is 21.0 Å². The minimum Gasteiger partial charge on any atom is -0.308 e. The van der Waals surface area contributed by atoms with Gasteiger partial charge in [-0.05, 0) is 44.2 Å². The number of carbonyl (C=O) groups is 1. The van der Waals surface area contributed by atoms with Crippen molar-refractivity contribution in [2.24, 2.45) is 0 Å². The summed E-state index contributed by atoms with van der Waals surface area (Å²) in [6.07, 6.45) is 1.71. The summed E-state index contributed by atoms with van der Waals surface area (Å²) >= 11 is 0. The third-order valence-corrected chi connectivity index (χ3v) is 4.21. The fourth-order valence-electron chi connectivity index (χ4n) is 2.80. The molecule has 2 N–H and O–H groups in total. The van der Waals surface area contributed by atoms with Gasteiger partial charge in [0.15, 0.2) is 0 Å². The van der Waals surface area contributed by atoms with Gasteiger partial charge in [0.1, 0.15) is 0 Å². The first kappa shape index (κ1) is 16.0. The lowest BCUT2D eigenvalue weighted by Crippen LogP contribution is -2.19. The van der Waals surface area contributed by atoms with Crippen molar-refractivity contribution in [2.75, 3.05) is 10.6 Å². The van der Waals surface area contributed by atoms with Gasteiger partial charge in [-0.1, -0.05) is 18.2 Å². The van der Waals surface area contributed by atoms with Gasteiger partial charge >= 0.3 is 6.03 Å². The van der Waals surface area contributed by atoms with Crippen LogP contribution in [0.2, 0.25) is 0 Å². The predicted octanol–water partition coefficient (Wildman–Crippen LogP) is 4.44. The molecule has 0 radical (unpaired) electrons. The lowest BCUT2D eigenvalue weighted by atomic mass is 10.2. The Balaban J connectivity index is 1.58. The Morgan fingerprint density at radius 3 is 2.50 bits per heavy atom. The van der Waals surface area contributed by atoms with Crippen LogP contribution < -0.4 is 10.6 Å². The summed E-state index contributed by atoms with van der Waals surface area (Å²) < 4.78 is 0. The molecule has 0 atom stereocenters. The lowest BCUT2D eigenvalue weighted by molar-refractivity contribution is 0.262. The van der Waals surface area contributed by atoms with E-state index in [1.807, 2.05) is 62.4 Å². The maximum absolute atomic E-state index is 12.4. The number of amides is 2. The van der Waals surface area contributed by atoms with Gasteiger partial charge in [-0.25, -0.2) is 14.8 Å². The van der Waals surface area contributed by atoms with Crippen LogP contribution in [0.5, 0.6) is 0 Å². The Morgan fingerprint density at radius 1 is 0.885 bits per heavy atom. The second-order valence-electron chi connectivity index (χ2n) is 6.06. The normalized spacial score (nSPS) is 10.8. The summed E-state index contributed by atoms with van der Waals surface area (Å²) in [5.74, 6) is 0. The maximum atomic E-state index is 12.4. The smallest absolute Gasteiger partial charge is 0.308 e. The summed E-state index contributed by atoms with van der Waals surface area (Å²) in [5.41, 5.74) is 5.39. The first-order valence-corrected chi connectivity index (χ1v) is 8.27. The van der Waals surface area contributed by atoms with Crippen LogP contribution >= 0.6 is 0 Å². The van der Waals surface area contributed by atoms with E-state index >= 15 is 0 Å². The van der Waals surface area contributed by atoms with E-state index in [0.29, 0.717) is 11.4 Å². The third-order valence-electron chi connectivity index (χ3n) is 4.21. The van der Waals surface area contributed by atoms with Gasteiger partial charge in [0.2, 0.25) is 0 Å². The highest BCUT2D eigenvalue weighted by molar-refractivity contribution is 6.05. The Morgan fingerprint density at radius 2 is 1.65 bits per heavy atom. The quantitative estimate of drug-likeness (QED) is 0.564. The second-order valence-corrected chi connectivity index (χ2v) is 6.06. The van der Waals surface area contributed by atoms with E-state index in [9.17, 15) is 4.79 Å². The average molecular weight is 343 g/mol. The van der Waals surface area contributed by atoms with Crippen molar-refractivity contribution in [3.8, 4) is 0 Å². The van der Waals surface area contributed by atoms with Gasteiger partial charge < -0.3 is 10.6 Å². The highest BCUT2D eigenvalue weighted by Crippen LogP contribution is 2.22. The molecule has 0 bridgehead atoms. The Kier molecular flexibility index (Phi) is 3.93. The van der Waals surface area contributed by atoms with E-state index in [-0.39, 0.29) is 6.03 Å². The van der Waals surface area contributed by atoms with E-state index in [2.05, 4.69) is 25.6 Å². The Hall–Kier alpha value is -3.54. The molecule has 0 aliphatic rings. The van der Waals surface area contributed by atoms with E-state index in [1.165, 1.54) is 0 Å². The molecule has 0 unspecified atom stereocenters. The van der Waals surface area contributed by atoms with Gasteiger partial charge in [0, 0.05) is 17.3 Å². The monoisotopic (exact) mass is 343 g/mol. The zero-order valence-electron chi connectivity index (χ0n) is 14.4. The van der Waals surface area contributed by atoms with Crippen LogP contribution in [-0.2, 0) is 0 Å². The van der Waals surface area contributed by atoms with Crippen LogP contribution in [0.15, 0.2) is 54.7 Å². The molecule has 2 amide bonds. The standard InChI is InChI=1S/C20H17N5O/c1-12-13(2)23-18-11-15(8-9-16(18)22-12)24-20(26)25-17-7-3-5-14-6-4-10-21-19(14)17/h3-11H,1-2H3,(H2,24,25,26). The van der Waals surface area contributed by atoms with E-state index < -0.39 is 0 Å². The number of nitrogens with zero attached hydrogens (tertiary/aromatic N) is 3. The number of urea groups is 1. The molecule has 0 saturated heterocycles. The zero-order chi connectivity index (χ0) is 18.1. The van der Waals surface area contributed by atoms with Crippen LogP contribution in [0, 0.1) is 13.8 Å². The van der Waals surface area contributed by atoms with Crippen molar-refractivity contribution in [3.05, 3.63) is 66.1 Å². The molecular formula is C20H17N5O. The molecular weight excluding hydrogens is 326 g/mol. The highest BCUT2D eigenvalue weighted by Gasteiger charge is 2.08. The number of carbonyl (C=O) groups excluding carboxylic acids is 1. The number of aryl methyl sites for hydroxylation is 2. The number of rotatable bonds is 2. The molecule has 0 aliphatic heterocycles. The first-order valence-electron chi connectivity index (χ1n) is 8.27. The van der Waals surface area contributed by atoms with E-state index in [4.69, 9.17) is 0 Å². The first-order chi connectivity index (χ1) is 12.6. The molecule has 6 nitrogen and oxygen atoms in total. The molecule has 2 aromatic carbocycles. The van der Waals surface area contributed by atoms with Crippen molar-refractivity contribution < 1.29 is 4.79 Å². The minimum absolute atomic E-state index is 0.334. The molecule has 4 rings (SSSR count). The van der Waals surface area contributed by atoms with Crippen LogP contribution in [0.25, 0.3) is 21.9 Å². The van der Waals surface area contributed by atoms with E-state index in [1.54, 1.807) is 6.20 Å². The van der Waals surface area contributed by atoms with Crippen molar-refractivity contribution >= 4 is 39.3 Å². The fourth-order valence-corrected chi connectivity index (χ4v) is 2.80. The zero-order valence-corrected chi connectivity index (χ0v) is 14.4. The predicted molar refractivity (Wildman–Crippen MR) is 103 cm³/mol. The number of pyridine rings is 1. The number of hydrogen-bond acceptors (Lipinski definition) is 4. The number of hydrogen-bond donors (Lipinski definition) is 2. The summed E-state index contributed by atoms with van der Waals surface area (Å²) in [7, 11) is 0. The Labute approximate surface area is 150 Å². The number of benzene rings is 2. The van der Waals surface area contributed by atoms with Crippen LogP contribution in [0.1, 0.15) is 11.4 Å². The number of fused-ring (bicyclic) bond motifs is 2. The van der Waals surface area contributed by atoms with Gasteiger partial charge in [-0.2, -0.15) is 0 Å². The number of anilines is 2. The average Bonchev–Trinajstić information content (AvgIpc) is 2.63.